The maximum atomic E-state index is 12.3. The Balaban J connectivity index is 1.71. The molecule has 0 radical (unpaired) electrons. The first kappa shape index (κ1) is 17.7. The number of hydrogen-bond acceptors (Lipinski definition) is 6. The summed E-state index contributed by atoms with van der Waals surface area (Å²) in [6.07, 6.45) is 0. The molecule has 0 spiro atoms. The number of carbonyl (C=O) groups excluding carboxylic acids is 2. The van der Waals surface area contributed by atoms with Crippen LogP contribution in [-0.4, -0.2) is 21.9 Å². The van der Waals surface area contributed by atoms with Crippen molar-refractivity contribution < 1.29 is 19.1 Å². The summed E-state index contributed by atoms with van der Waals surface area (Å²) in [4.78, 5) is 27.6. The Bertz CT molecular complexity index is 961. The van der Waals surface area contributed by atoms with E-state index < -0.39 is 5.91 Å². The number of aromatic hydroxyl groups is 1. The van der Waals surface area contributed by atoms with Gasteiger partial charge < -0.3 is 14.8 Å². The second-order valence-electron chi connectivity index (χ2n) is 5.69. The largest absolute Gasteiger partial charge is 0.507 e. The second-order valence-corrected chi connectivity index (χ2v) is 6.55. The lowest BCUT2D eigenvalue weighted by Gasteiger charge is -2.05. The fourth-order valence-corrected chi connectivity index (χ4v) is 2.96. The smallest absolute Gasteiger partial charge is 0.261 e. The summed E-state index contributed by atoms with van der Waals surface area (Å²) >= 11 is 1.25. The maximum absolute atomic E-state index is 12.3. The molecule has 3 N–H and O–H groups in total. The zero-order valence-electron chi connectivity index (χ0n) is 14.2. The summed E-state index contributed by atoms with van der Waals surface area (Å²) in [6.45, 7) is 3.58. The van der Waals surface area contributed by atoms with E-state index in [0.717, 1.165) is 5.56 Å². The Kier molecular flexibility index (Phi) is 5.04. The molecule has 2 heterocycles. The van der Waals surface area contributed by atoms with Crippen molar-refractivity contribution in [2.45, 2.75) is 20.4 Å². The van der Waals surface area contributed by atoms with E-state index in [0.29, 0.717) is 28.9 Å². The molecule has 2 amide bonds. The van der Waals surface area contributed by atoms with E-state index in [4.69, 9.17) is 4.42 Å². The predicted molar refractivity (Wildman–Crippen MR) is 98.1 cm³/mol. The van der Waals surface area contributed by atoms with Gasteiger partial charge in [-0.1, -0.05) is 11.6 Å². The molecule has 3 aromatic rings. The second kappa shape index (κ2) is 7.40. The van der Waals surface area contributed by atoms with Crippen LogP contribution in [0.15, 0.2) is 40.1 Å². The van der Waals surface area contributed by atoms with Gasteiger partial charge in [0.1, 0.15) is 17.2 Å². The lowest BCUT2D eigenvalue weighted by atomic mass is 10.1. The number of rotatable bonds is 5. The van der Waals surface area contributed by atoms with Gasteiger partial charge in [-0.25, -0.2) is 4.98 Å². The van der Waals surface area contributed by atoms with E-state index in [9.17, 15) is 14.7 Å². The number of thiazole rings is 1. The molecule has 3 rings (SSSR count). The predicted octanol–water partition coefficient (Wildman–Crippen LogP) is 3.31. The highest BCUT2D eigenvalue weighted by molar-refractivity contribution is 7.14. The first-order valence-corrected chi connectivity index (χ1v) is 8.70. The molecule has 26 heavy (non-hydrogen) atoms. The normalized spacial score (nSPS) is 10.5. The van der Waals surface area contributed by atoms with E-state index in [1.54, 1.807) is 29.6 Å². The maximum Gasteiger partial charge on any atom is 0.261 e. The standard InChI is InChI=1S/C18H17N3O4S/c1-10-3-5-15(23)13(7-10)17(24)21-18-20-14(9-26-18)16-6-4-12(25-16)8-19-11(2)22/h3-7,9,23H,8H2,1-2H3,(H,19,22)(H,20,21,24). The monoisotopic (exact) mass is 371 g/mol. The highest BCUT2D eigenvalue weighted by atomic mass is 32.1. The van der Waals surface area contributed by atoms with Crippen molar-refractivity contribution in [3.63, 3.8) is 0 Å². The molecule has 0 saturated carbocycles. The zero-order chi connectivity index (χ0) is 18.7. The molecule has 0 atom stereocenters. The molecule has 7 nitrogen and oxygen atoms in total. The van der Waals surface area contributed by atoms with Gasteiger partial charge in [-0.15, -0.1) is 11.3 Å². The summed E-state index contributed by atoms with van der Waals surface area (Å²) in [5, 5.41) is 17.3. The number of benzene rings is 1. The SMILES string of the molecule is CC(=O)NCc1ccc(-c2csc(NC(=O)c3cc(C)ccc3O)n2)o1. The minimum Gasteiger partial charge on any atom is -0.507 e. The van der Waals surface area contributed by atoms with Crippen molar-refractivity contribution in [1.29, 1.82) is 0 Å². The van der Waals surface area contributed by atoms with E-state index in [2.05, 4.69) is 15.6 Å². The van der Waals surface area contributed by atoms with Gasteiger partial charge in [-0.3, -0.25) is 14.9 Å². The Morgan fingerprint density at radius 1 is 1.27 bits per heavy atom. The minimum absolute atomic E-state index is 0.0847. The molecule has 0 unspecified atom stereocenters. The van der Waals surface area contributed by atoms with Gasteiger partial charge in [0.05, 0.1) is 12.1 Å². The third-order valence-electron chi connectivity index (χ3n) is 3.55. The zero-order valence-corrected chi connectivity index (χ0v) is 15.0. The van der Waals surface area contributed by atoms with Crippen LogP contribution in [0.3, 0.4) is 0 Å². The quantitative estimate of drug-likeness (QED) is 0.638. The fraction of sp³-hybridized carbons (Fsp3) is 0.167. The number of phenols is 1. The first-order chi connectivity index (χ1) is 12.4. The van der Waals surface area contributed by atoms with Crippen LogP contribution in [0.25, 0.3) is 11.5 Å². The van der Waals surface area contributed by atoms with Crippen molar-refractivity contribution in [1.82, 2.24) is 10.3 Å². The molecule has 0 aliphatic heterocycles. The molecule has 0 bridgehead atoms. The van der Waals surface area contributed by atoms with Gasteiger partial charge in [-0.2, -0.15) is 0 Å². The van der Waals surface area contributed by atoms with Crippen molar-refractivity contribution in [3.8, 4) is 17.2 Å². The highest BCUT2D eigenvalue weighted by Gasteiger charge is 2.15. The van der Waals surface area contributed by atoms with Crippen molar-refractivity contribution in [3.05, 3.63) is 52.6 Å². The first-order valence-electron chi connectivity index (χ1n) is 7.82. The lowest BCUT2D eigenvalue weighted by Crippen LogP contribution is -2.18. The highest BCUT2D eigenvalue weighted by Crippen LogP contribution is 2.27. The number of aromatic nitrogens is 1. The average Bonchev–Trinajstić information content (AvgIpc) is 3.24. The number of furan rings is 1. The molecular formula is C18H17N3O4S. The van der Waals surface area contributed by atoms with Crippen LogP contribution in [0, 0.1) is 6.92 Å². The van der Waals surface area contributed by atoms with Crippen LogP contribution < -0.4 is 10.6 Å². The summed E-state index contributed by atoms with van der Waals surface area (Å²) in [5.41, 5.74) is 1.64. The molecule has 2 aromatic heterocycles. The van der Waals surface area contributed by atoms with Crippen molar-refractivity contribution in [2.24, 2.45) is 0 Å². The Labute approximate surface area is 153 Å². The van der Waals surface area contributed by atoms with Crippen LogP contribution in [0.4, 0.5) is 5.13 Å². The summed E-state index contributed by atoms with van der Waals surface area (Å²) < 4.78 is 5.63. The number of nitrogens with zero attached hydrogens (tertiary/aromatic N) is 1. The van der Waals surface area contributed by atoms with Gasteiger partial charge in [0.25, 0.3) is 5.91 Å². The molecule has 0 aliphatic rings. The molecule has 8 heteroatoms. The molecule has 1 aromatic carbocycles. The van der Waals surface area contributed by atoms with Gasteiger partial charge in [0, 0.05) is 12.3 Å². The van der Waals surface area contributed by atoms with E-state index in [1.807, 2.05) is 6.92 Å². The van der Waals surface area contributed by atoms with Crippen LogP contribution in [0.5, 0.6) is 5.75 Å². The topological polar surface area (TPSA) is 104 Å². The van der Waals surface area contributed by atoms with Gasteiger partial charge in [0.15, 0.2) is 10.9 Å². The molecule has 0 fully saturated rings. The van der Waals surface area contributed by atoms with Gasteiger partial charge in [-0.05, 0) is 31.2 Å². The van der Waals surface area contributed by atoms with E-state index in [-0.39, 0.29) is 17.2 Å². The van der Waals surface area contributed by atoms with Crippen molar-refractivity contribution >= 4 is 28.3 Å². The summed E-state index contributed by atoms with van der Waals surface area (Å²) in [5.74, 6) is 0.497. The molecular weight excluding hydrogens is 354 g/mol. The summed E-state index contributed by atoms with van der Waals surface area (Å²) in [6, 6.07) is 8.33. The number of anilines is 1. The van der Waals surface area contributed by atoms with Crippen LogP contribution in [-0.2, 0) is 11.3 Å². The van der Waals surface area contributed by atoms with Crippen molar-refractivity contribution in [2.75, 3.05) is 5.32 Å². The van der Waals surface area contributed by atoms with Crippen LogP contribution >= 0.6 is 11.3 Å². The minimum atomic E-state index is -0.433. The molecule has 0 aliphatic carbocycles. The Morgan fingerprint density at radius 2 is 2.08 bits per heavy atom. The van der Waals surface area contributed by atoms with E-state index in [1.165, 1.54) is 24.3 Å². The third kappa shape index (κ3) is 4.09. The van der Waals surface area contributed by atoms with Gasteiger partial charge >= 0.3 is 0 Å². The average molecular weight is 371 g/mol. The number of aryl methyl sites for hydroxylation is 1. The van der Waals surface area contributed by atoms with E-state index >= 15 is 0 Å². The number of amides is 2. The lowest BCUT2D eigenvalue weighted by molar-refractivity contribution is -0.119. The Morgan fingerprint density at radius 3 is 2.85 bits per heavy atom. The number of phenolic OH excluding ortho intramolecular Hbond substituents is 1. The third-order valence-corrected chi connectivity index (χ3v) is 4.30. The number of nitrogens with one attached hydrogen (secondary N) is 2. The van der Waals surface area contributed by atoms with Gasteiger partial charge in [0.2, 0.25) is 5.91 Å². The van der Waals surface area contributed by atoms with Crippen LogP contribution in [0.1, 0.15) is 28.6 Å². The molecule has 134 valence electrons. The Hall–Kier alpha value is -3.13. The fourth-order valence-electron chi connectivity index (χ4n) is 2.26. The summed E-state index contributed by atoms with van der Waals surface area (Å²) in [7, 11) is 0. The van der Waals surface area contributed by atoms with Crippen LogP contribution in [0.2, 0.25) is 0 Å². The number of hydrogen-bond donors (Lipinski definition) is 3. The number of carbonyl (C=O) groups is 2. The molecule has 0 saturated heterocycles.